The van der Waals surface area contributed by atoms with E-state index in [0.717, 1.165) is 0 Å². The maximum Gasteiger partial charge on any atom is 0.240 e. The lowest BCUT2D eigenvalue weighted by molar-refractivity contribution is 0.529. The van der Waals surface area contributed by atoms with Gasteiger partial charge in [0.25, 0.3) is 0 Å². The van der Waals surface area contributed by atoms with Crippen LogP contribution < -0.4 is 0 Å². The van der Waals surface area contributed by atoms with E-state index in [-0.39, 0.29) is 10.7 Å². The van der Waals surface area contributed by atoms with Crippen molar-refractivity contribution in [2.24, 2.45) is 4.99 Å². The van der Waals surface area contributed by atoms with Gasteiger partial charge in [0.2, 0.25) is 14.3 Å². The normalized spacial score (nSPS) is 19.3. The maximum atomic E-state index is 11.5. The molecule has 2 heterocycles. The molecule has 0 saturated heterocycles. The molecule has 74 valence electrons. The van der Waals surface area contributed by atoms with Crippen molar-refractivity contribution in [2.45, 2.75) is 0 Å². The van der Waals surface area contributed by atoms with Gasteiger partial charge in [-0.3, -0.25) is 0 Å². The Hall–Kier alpha value is -0.590. The molecule has 0 saturated carbocycles. The second-order valence-electron chi connectivity index (χ2n) is 2.48. The van der Waals surface area contributed by atoms with Crippen molar-refractivity contribution in [3.63, 3.8) is 0 Å². The highest BCUT2D eigenvalue weighted by atomic mass is 79.9. The number of nitrogens with zero attached hydrogens (tertiary/aromatic N) is 1. The van der Waals surface area contributed by atoms with Gasteiger partial charge in [-0.05, 0) is 39.7 Å². The predicted octanol–water partition coefficient (Wildman–Crippen LogP) is 2.36. The van der Waals surface area contributed by atoms with E-state index < -0.39 is 14.3 Å². The molecule has 0 atom stereocenters. The summed E-state index contributed by atoms with van der Waals surface area (Å²) in [5, 5.41) is 0. The van der Waals surface area contributed by atoms with Crippen LogP contribution in [0.15, 0.2) is 32.4 Å². The van der Waals surface area contributed by atoms with Crippen LogP contribution >= 0.6 is 27.5 Å². The molecular formula is C7H3BrClNO3S. The zero-order valence-corrected chi connectivity index (χ0v) is 9.73. The molecule has 2 rings (SSSR count). The summed E-state index contributed by atoms with van der Waals surface area (Å²) in [6.45, 7) is 0. The summed E-state index contributed by atoms with van der Waals surface area (Å²) in [5.41, 5.74) is 0. The second kappa shape index (κ2) is 3.22. The van der Waals surface area contributed by atoms with Crippen molar-refractivity contribution < 1.29 is 12.8 Å². The first-order valence-corrected chi connectivity index (χ1v) is 6.11. The molecule has 0 unspecified atom stereocenters. The van der Waals surface area contributed by atoms with E-state index in [2.05, 4.69) is 20.9 Å². The zero-order chi connectivity index (χ0) is 10.3. The fraction of sp³-hybridized carbons (Fsp3) is 0. The number of aliphatic imine (C=N–C) groups is 1. The molecule has 0 fully saturated rings. The van der Waals surface area contributed by atoms with Gasteiger partial charge in [0.05, 0.1) is 6.20 Å². The summed E-state index contributed by atoms with van der Waals surface area (Å²) in [5.74, 6) is 0.219. The Morgan fingerprint density at radius 1 is 1.43 bits per heavy atom. The summed E-state index contributed by atoms with van der Waals surface area (Å²) < 4.78 is 28.1. The van der Waals surface area contributed by atoms with Gasteiger partial charge in [-0.1, -0.05) is 0 Å². The quantitative estimate of drug-likeness (QED) is 0.799. The van der Waals surface area contributed by atoms with Crippen LogP contribution in [0.5, 0.6) is 0 Å². The number of sulfone groups is 1. The van der Waals surface area contributed by atoms with Crippen LogP contribution in [-0.4, -0.2) is 12.9 Å². The van der Waals surface area contributed by atoms with Crippen molar-refractivity contribution in [3.8, 4) is 0 Å². The molecule has 14 heavy (non-hydrogen) atoms. The Kier molecular flexibility index (Phi) is 2.29. The fourth-order valence-electron chi connectivity index (χ4n) is 0.982. The highest BCUT2D eigenvalue weighted by Crippen LogP contribution is 2.31. The van der Waals surface area contributed by atoms with Crippen LogP contribution in [-0.2, 0) is 9.84 Å². The molecular weight excluding hydrogens is 294 g/mol. The number of rotatable bonds is 1. The van der Waals surface area contributed by atoms with Crippen LogP contribution in [0.3, 0.4) is 0 Å². The van der Waals surface area contributed by atoms with Gasteiger partial charge in [-0.2, -0.15) is 0 Å². The zero-order valence-electron chi connectivity index (χ0n) is 6.57. The Balaban J connectivity index is 2.51. The average molecular weight is 297 g/mol. The molecule has 7 heteroatoms. The van der Waals surface area contributed by atoms with Crippen molar-refractivity contribution >= 4 is 46.8 Å². The first kappa shape index (κ1) is 9.95. The number of hydrogen-bond acceptors (Lipinski definition) is 4. The van der Waals surface area contributed by atoms with E-state index in [0.29, 0.717) is 4.67 Å². The lowest BCUT2D eigenvalue weighted by Gasteiger charge is -1.96. The van der Waals surface area contributed by atoms with E-state index in [1.807, 2.05) is 0 Å². The first-order chi connectivity index (χ1) is 6.51. The molecule has 0 spiro atoms. The summed E-state index contributed by atoms with van der Waals surface area (Å²) in [6, 6.07) is 3.12. The molecule has 0 bridgehead atoms. The van der Waals surface area contributed by atoms with E-state index in [9.17, 15) is 8.42 Å². The molecule has 0 N–H and O–H groups in total. The maximum absolute atomic E-state index is 11.5. The molecule has 4 nitrogen and oxygen atoms in total. The fourth-order valence-corrected chi connectivity index (χ4v) is 2.53. The van der Waals surface area contributed by atoms with Crippen LogP contribution in [0.25, 0.3) is 4.91 Å². The van der Waals surface area contributed by atoms with Gasteiger partial charge in [0.1, 0.15) is 10.7 Å². The van der Waals surface area contributed by atoms with Crippen molar-refractivity contribution in [1.82, 2.24) is 0 Å². The van der Waals surface area contributed by atoms with Crippen molar-refractivity contribution in [1.29, 1.82) is 0 Å². The molecule has 1 aromatic rings. The van der Waals surface area contributed by atoms with Gasteiger partial charge in [0.15, 0.2) is 4.67 Å². The smallest absolute Gasteiger partial charge is 0.240 e. The minimum atomic E-state index is -3.64. The third kappa shape index (κ3) is 1.43. The molecule has 0 aliphatic carbocycles. The third-order valence-corrected chi connectivity index (χ3v) is 4.18. The standard InChI is InChI=1S/C7H3BrClNO3S/c8-6-2-1-4(13-6)5-3-10-7(9)14(5,11)12/h1-3H. The number of furan rings is 1. The van der Waals surface area contributed by atoms with Crippen LogP contribution in [0, 0.1) is 0 Å². The highest BCUT2D eigenvalue weighted by molar-refractivity contribution is 9.10. The topological polar surface area (TPSA) is 59.6 Å². The molecule has 1 aliphatic heterocycles. The highest BCUT2D eigenvalue weighted by Gasteiger charge is 2.31. The number of hydrogen-bond donors (Lipinski definition) is 0. The molecule has 0 radical (unpaired) electrons. The van der Waals surface area contributed by atoms with Gasteiger partial charge >= 0.3 is 0 Å². The van der Waals surface area contributed by atoms with Gasteiger partial charge in [-0.25, -0.2) is 13.4 Å². The van der Waals surface area contributed by atoms with E-state index >= 15 is 0 Å². The van der Waals surface area contributed by atoms with E-state index in [1.165, 1.54) is 12.3 Å². The monoisotopic (exact) mass is 295 g/mol. The summed E-state index contributed by atoms with van der Waals surface area (Å²) >= 11 is 8.48. The van der Waals surface area contributed by atoms with Crippen LogP contribution in [0.2, 0.25) is 0 Å². The van der Waals surface area contributed by atoms with Crippen LogP contribution in [0.1, 0.15) is 5.76 Å². The SMILES string of the molecule is O=S1(=O)C(c2ccc(Br)o2)=CN=C1Cl. The minimum Gasteiger partial charge on any atom is -0.449 e. The minimum absolute atomic E-state index is 0.0202. The Morgan fingerprint density at radius 3 is 2.57 bits per heavy atom. The van der Waals surface area contributed by atoms with Crippen molar-refractivity contribution in [3.05, 3.63) is 28.8 Å². The summed E-state index contributed by atoms with van der Waals surface area (Å²) in [6.07, 6.45) is 1.17. The Labute approximate surface area is 93.3 Å². The lowest BCUT2D eigenvalue weighted by Crippen LogP contribution is -2.05. The molecule has 1 aliphatic rings. The molecule has 0 amide bonds. The average Bonchev–Trinajstić information content (AvgIpc) is 2.60. The van der Waals surface area contributed by atoms with Crippen molar-refractivity contribution in [2.75, 3.05) is 0 Å². The largest absolute Gasteiger partial charge is 0.449 e. The van der Waals surface area contributed by atoms with Crippen LogP contribution in [0.4, 0.5) is 0 Å². The number of halogens is 2. The Morgan fingerprint density at radius 2 is 2.14 bits per heavy atom. The first-order valence-electron chi connectivity index (χ1n) is 3.46. The summed E-state index contributed by atoms with van der Waals surface area (Å²) in [7, 11) is -3.64. The third-order valence-electron chi connectivity index (χ3n) is 1.61. The van der Waals surface area contributed by atoms with E-state index in [1.54, 1.807) is 6.07 Å². The molecule has 0 aromatic carbocycles. The van der Waals surface area contributed by atoms with Gasteiger partial charge < -0.3 is 4.42 Å². The second-order valence-corrected chi connectivity index (χ2v) is 5.68. The summed E-state index contributed by atoms with van der Waals surface area (Å²) in [4.78, 5) is 3.49. The van der Waals surface area contributed by atoms with Gasteiger partial charge in [0, 0.05) is 0 Å². The molecule has 1 aromatic heterocycles. The van der Waals surface area contributed by atoms with Gasteiger partial charge in [-0.15, -0.1) is 0 Å². The lowest BCUT2D eigenvalue weighted by atomic mass is 10.4. The van der Waals surface area contributed by atoms with E-state index in [4.69, 9.17) is 16.0 Å². The predicted molar refractivity (Wildman–Crippen MR) is 56.6 cm³/mol. The Bertz CT molecular complexity index is 543.